The summed E-state index contributed by atoms with van der Waals surface area (Å²) in [5, 5.41) is 32.2. The van der Waals surface area contributed by atoms with E-state index in [1.165, 1.54) is 12.1 Å². The summed E-state index contributed by atoms with van der Waals surface area (Å²) in [7, 11) is 0. The van der Waals surface area contributed by atoms with Gasteiger partial charge in [-0.2, -0.15) is 0 Å². The van der Waals surface area contributed by atoms with Crippen LogP contribution in [0.3, 0.4) is 0 Å². The van der Waals surface area contributed by atoms with Crippen molar-refractivity contribution in [3.8, 4) is 11.5 Å². The summed E-state index contributed by atoms with van der Waals surface area (Å²) in [5.41, 5.74) is 0.643. The molecule has 266 valence electrons. The van der Waals surface area contributed by atoms with Crippen LogP contribution in [0.15, 0.2) is 82.5 Å². The molecule has 0 aromatic heterocycles. The number of hydrogen-bond acceptors (Lipinski definition) is 6. The fourth-order valence-electron chi connectivity index (χ4n) is 8.00. The lowest BCUT2D eigenvalue weighted by molar-refractivity contribution is -0.180. The molecule has 0 saturated heterocycles. The van der Waals surface area contributed by atoms with Crippen LogP contribution >= 0.6 is 0 Å². The standard InChI is InChI=1S/C43H58O6/c1-26(2)13-12-21-41(11)33(18-15-28(5)6)25-42(24-32(30(9)10)16-14-27(3)4)38(47)36(37(46)31-17-19-34(44)35(45)23-31)39(48)43(41,40(42)49)22-20-29(7)8/h13-15,17,19-20,23,32-33,44-46H,9,12,16,18,21-22,24-25H2,1-8,10-11H3/b37-36+/t32?,33?,41?,42-,43+/m1/s1. The summed E-state index contributed by atoms with van der Waals surface area (Å²) in [6, 6.07) is 3.70. The molecule has 3 N–H and O–H groups in total. The number of aromatic hydroxyl groups is 2. The number of Topliss-reactive ketones (excluding diaryl/α,β-unsaturated/α-hetero) is 3. The van der Waals surface area contributed by atoms with Crippen molar-refractivity contribution in [2.24, 2.45) is 28.1 Å². The molecule has 0 aliphatic heterocycles. The molecule has 0 radical (unpaired) electrons. The Morgan fingerprint density at radius 1 is 0.857 bits per heavy atom. The lowest BCUT2D eigenvalue weighted by Crippen LogP contribution is -2.70. The Bertz CT molecular complexity index is 1650. The molecule has 1 aromatic rings. The van der Waals surface area contributed by atoms with Crippen molar-refractivity contribution in [3.63, 3.8) is 0 Å². The van der Waals surface area contributed by atoms with Gasteiger partial charge in [-0.15, -0.1) is 0 Å². The average Bonchev–Trinajstić information content (AvgIpc) is 3.00. The van der Waals surface area contributed by atoms with Crippen LogP contribution in [0, 0.1) is 28.1 Å². The summed E-state index contributed by atoms with van der Waals surface area (Å²) in [4.78, 5) is 46.2. The normalized spacial score (nSPS) is 26.4. The molecule has 2 fully saturated rings. The summed E-state index contributed by atoms with van der Waals surface area (Å²) < 4.78 is 0. The van der Waals surface area contributed by atoms with Gasteiger partial charge in [0.25, 0.3) is 0 Å². The topological polar surface area (TPSA) is 112 Å². The highest BCUT2D eigenvalue weighted by Gasteiger charge is 2.74. The third kappa shape index (κ3) is 7.64. The van der Waals surface area contributed by atoms with E-state index in [1.54, 1.807) is 0 Å². The van der Waals surface area contributed by atoms with E-state index in [0.29, 0.717) is 25.7 Å². The van der Waals surface area contributed by atoms with Crippen molar-refractivity contribution in [2.45, 2.75) is 114 Å². The third-order valence-electron chi connectivity index (χ3n) is 11.0. The van der Waals surface area contributed by atoms with Gasteiger partial charge in [-0.1, -0.05) is 65.7 Å². The predicted molar refractivity (Wildman–Crippen MR) is 199 cm³/mol. The van der Waals surface area contributed by atoms with E-state index in [4.69, 9.17) is 0 Å². The third-order valence-corrected chi connectivity index (χ3v) is 11.0. The zero-order valence-electron chi connectivity index (χ0n) is 31.4. The van der Waals surface area contributed by atoms with Crippen LogP contribution in [0.2, 0.25) is 0 Å². The Labute approximate surface area is 294 Å². The van der Waals surface area contributed by atoms with Crippen molar-refractivity contribution in [2.75, 3.05) is 0 Å². The maximum atomic E-state index is 15.7. The van der Waals surface area contributed by atoms with Gasteiger partial charge in [0.05, 0.1) is 5.41 Å². The van der Waals surface area contributed by atoms with Gasteiger partial charge in [-0.25, -0.2) is 0 Å². The van der Waals surface area contributed by atoms with Crippen molar-refractivity contribution in [1.82, 2.24) is 0 Å². The highest BCUT2D eigenvalue weighted by atomic mass is 16.3. The molecule has 2 bridgehead atoms. The van der Waals surface area contributed by atoms with Gasteiger partial charge >= 0.3 is 0 Å². The fraction of sp³-hybridized carbons (Fsp3) is 0.512. The first kappa shape index (κ1) is 39.5. The van der Waals surface area contributed by atoms with Crippen molar-refractivity contribution < 1.29 is 29.7 Å². The van der Waals surface area contributed by atoms with Gasteiger partial charge in [0.2, 0.25) is 0 Å². The molecular formula is C43H58O6. The number of fused-ring (bicyclic) bond motifs is 2. The Morgan fingerprint density at radius 2 is 1.45 bits per heavy atom. The molecule has 2 aliphatic carbocycles. The number of ketones is 3. The van der Waals surface area contributed by atoms with Gasteiger partial charge in [-0.05, 0) is 143 Å². The molecule has 6 heteroatoms. The van der Waals surface area contributed by atoms with Gasteiger partial charge in [0.1, 0.15) is 16.7 Å². The maximum absolute atomic E-state index is 15.7. The van der Waals surface area contributed by atoms with Gasteiger partial charge in [0, 0.05) is 5.56 Å². The van der Waals surface area contributed by atoms with Crippen LogP contribution < -0.4 is 0 Å². The molecular weight excluding hydrogens is 612 g/mol. The number of benzene rings is 1. The fourth-order valence-corrected chi connectivity index (χ4v) is 8.00. The Morgan fingerprint density at radius 3 is 1.98 bits per heavy atom. The van der Waals surface area contributed by atoms with Crippen LogP contribution in [-0.4, -0.2) is 32.7 Å². The minimum atomic E-state index is -1.65. The second-order valence-corrected chi connectivity index (χ2v) is 15.8. The SMILES string of the molecule is C=C(C)C(CC=C(C)C)C[C@@]12CC(CC=C(C)C)C(C)(CCC=C(C)C)[C@@](CC=C(C)C)(C(=O)/C(=C(/O)c3ccc(O)c(O)c3)C1=O)C2=O. The molecule has 6 nitrogen and oxygen atoms in total. The molecule has 3 unspecified atom stereocenters. The number of phenolic OH excluding ortho intramolecular Hbond substituents is 2. The number of carbonyl (C=O) groups excluding carboxylic acids is 3. The minimum absolute atomic E-state index is 0.0141. The molecule has 0 heterocycles. The van der Waals surface area contributed by atoms with E-state index in [2.05, 4.69) is 24.8 Å². The number of rotatable bonds is 13. The molecule has 5 atom stereocenters. The Balaban J connectivity index is 2.55. The van der Waals surface area contributed by atoms with Crippen molar-refractivity contribution in [3.05, 3.63) is 88.1 Å². The van der Waals surface area contributed by atoms with Gasteiger partial charge in [-0.3, -0.25) is 14.4 Å². The van der Waals surface area contributed by atoms with Crippen LogP contribution in [0.1, 0.15) is 120 Å². The number of phenols is 2. The molecule has 0 spiro atoms. The molecule has 0 amide bonds. The van der Waals surface area contributed by atoms with E-state index < -0.39 is 50.6 Å². The van der Waals surface area contributed by atoms with Crippen LogP contribution in [0.4, 0.5) is 0 Å². The van der Waals surface area contributed by atoms with E-state index in [-0.39, 0.29) is 42.4 Å². The first-order valence-electron chi connectivity index (χ1n) is 17.5. The highest BCUT2D eigenvalue weighted by Crippen LogP contribution is 2.67. The predicted octanol–water partition coefficient (Wildman–Crippen LogP) is 10.5. The molecule has 2 saturated carbocycles. The second-order valence-electron chi connectivity index (χ2n) is 15.8. The van der Waals surface area contributed by atoms with E-state index >= 15 is 14.4 Å². The number of carbonyl (C=O) groups is 3. The van der Waals surface area contributed by atoms with Crippen LogP contribution in [0.5, 0.6) is 11.5 Å². The Hall–Kier alpha value is -3.93. The molecule has 49 heavy (non-hydrogen) atoms. The smallest absolute Gasteiger partial charge is 0.184 e. The quantitative estimate of drug-likeness (QED) is 0.0481. The second kappa shape index (κ2) is 15.3. The maximum Gasteiger partial charge on any atom is 0.184 e. The summed E-state index contributed by atoms with van der Waals surface area (Å²) in [5.74, 6) is -3.59. The number of allylic oxidation sites excluding steroid dienone is 10. The van der Waals surface area contributed by atoms with Gasteiger partial charge < -0.3 is 15.3 Å². The highest BCUT2D eigenvalue weighted by molar-refractivity contribution is 6.41. The Kier molecular flexibility index (Phi) is 12.3. The number of aliphatic hydroxyl groups excluding tert-OH is 1. The summed E-state index contributed by atoms with van der Waals surface area (Å²) in [6.07, 6.45) is 11.2. The first-order chi connectivity index (χ1) is 22.7. The zero-order chi connectivity index (χ0) is 37.1. The lowest BCUT2D eigenvalue weighted by atomic mass is 9.37. The summed E-state index contributed by atoms with van der Waals surface area (Å²) >= 11 is 0. The lowest BCUT2D eigenvalue weighted by Gasteiger charge is -2.62. The van der Waals surface area contributed by atoms with Crippen LogP contribution in [0.25, 0.3) is 5.76 Å². The average molecular weight is 671 g/mol. The largest absolute Gasteiger partial charge is 0.506 e. The monoisotopic (exact) mass is 670 g/mol. The number of aliphatic hydroxyl groups is 1. The minimum Gasteiger partial charge on any atom is -0.506 e. The first-order valence-corrected chi connectivity index (χ1v) is 17.5. The zero-order valence-corrected chi connectivity index (χ0v) is 31.4. The van der Waals surface area contributed by atoms with Gasteiger partial charge in [0.15, 0.2) is 28.8 Å². The van der Waals surface area contributed by atoms with E-state index in [1.807, 2.05) is 75.3 Å². The van der Waals surface area contributed by atoms with E-state index in [0.717, 1.165) is 33.9 Å². The molecule has 1 aromatic carbocycles. The van der Waals surface area contributed by atoms with E-state index in [9.17, 15) is 15.3 Å². The van der Waals surface area contributed by atoms with Crippen molar-refractivity contribution >= 4 is 23.1 Å². The molecule has 2 aliphatic rings. The summed E-state index contributed by atoms with van der Waals surface area (Å²) in [6.45, 7) is 24.2. The van der Waals surface area contributed by atoms with Crippen molar-refractivity contribution in [1.29, 1.82) is 0 Å². The number of hydrogen-bond donors (Lipinski definition) is 3. The van der Waals surface area contributed by atoms with Crippen LogP contribution in [-0.2, 0) is 14.4 Å². The molecule has 3 rings (SSSR count).